The number of rotatable bonds is 3. The van der Waals surface area contributed by atoms with Crippen LogP contribution in [0.2, 0.25) is 0 Å². The molecule has 0 saturated carbocycles. The van der Waals surface area contributed by atoms with E-state index >= 15 is 0 Å². The van der Waals surface area contributed by atoms with Gasteiger partial charge in [-0.15, -0.1) is 0 Å². The minimum absolute atomic E-state index is 0.133. The van der Waals surface area contributed by atoms with Crippen LogP contribution in [0.25, 0.3) is 0 Å². The van der Waals surface area contributed by atoms with Gasteiger partial charge in [0, 0.05) is 11.3 Å². The van der Waals surface area contributed by atoms with E-state index < -0.39 is 29.6 Å². The number of amides is 3. The second kappa shape index (κ2) is 5.79. The molecule has 0 aromatic heterocycles. The summed E-state index contributed by atoms with van der Waals surface area (Å²) in [7, 11) is 0. The van der Waals surface area contributed by atoms with Gasteiger partial charge in [-0.2, -0.15) is 0 Å². The van der Waals surface area contributed by atoms with E-state index in [9.17, 15) is 18.4 Å². The summed E-state index contributed by atoms with van der Waals surface area (Å²) in [5.41, 5.74) is 0.690. The molecule has 2 aromatic carbocycles. The Morgan fingerprint density at radius 2 is 1.65 bits per heavy atom. The zero-order valence-electron chi connectivity index (χ0n) is 12.4. The lowest BCUT2D eigenvalue weighted by Crippen LogP contribution is -2.33. The van der Waals surface area contributed by atoms with Crippen LogP contribution in [0.1, 0.15) is 12.5 Å². The van der Waals surface area contributed by atoms with E-state index in [0.717, 1.165) is 4.90 Å². The maximum atomic E-state index is 13.8. The van der Waals surface area contributed by atoms with Crippen molar-refractivity contribution in [3.05, 3.63) is 65.7 Å². The van der Waals surface area contributed by atoms with Gasteiger partial charge in [-0.05, 0) is 37.3 Å². The molecule has 1 unspecified atom stereocenters. The third-order valence-corrected chi connectivity index (χ3v) is 3.84. The largest absolute Gasteiger partial charge is 0.332 e. The van der Waals surface area contributed by atoms with Crippen LogP contribution in [0, 0.1) is 11.6 Å². The molecule has 0 aliphatic carbocycles. The van der Waals surface area contributed by atoms with Crippen molar-refractivity contribution in [1.82, 2.24) is 4.90 Å². The third-order valence-electron chi connectivity index (χ3n) is 3.84. The summed E-state index contributed by atoms with van der Waals surface area (Å²) in [4.78, 5) is 27.2. The number of benzene rings is 2. The molecule has 1 atom stereocenters. The first-order valence-corrected chi connectivity index (χ1v) is 7.12. The summed E-state index contributed by atoms with van der Waals surface area (Å²) in [6, 6.07) is 10.0. The predicted molar refractivity (Wildman–Crippen MR) is 80.7 cm³/mol. The Morgan fingerprint density at radius 1 is 1.00 bits per heavy atom. The molecular weight excluding hydrogens is 302 g/mol. The van der Waals surface area contributed by atoms with Crippen molar-refractivity contribution in [3.63, 3.8) is 0 Å². The van der Waals surface area contributed by atoms with Crippen LogP contribution in [-0.4, -0.2) is 22.9 Å². The van der Waals surface area contributed by atoms with Crippen LogP contribution in [-0.2, 0) is 11.3 Å². The highest BCUT2D eigenvalue weighted by atomic mass is 19.1. The topological polar surface area (TPSA) is 40.6 Å². The Balaban J connectivity index is 1.89. The van der Waals surface area contributed by atoms with Gasteiger partial charge in [-0.3, -0.25) is 14.6 Å². The van der Waals surface area contributed by atoms with Crippen LogP contribution in [0.5, 0.6) is 0 Å². The van der Waals surface area contributed by atoms with E-state index in [1.165, 1.54) is 41.3 Å². The Hall–Kier alpha value is -2.76. The number of urea groups is 1. The molecule has 0 spiro atoms. The summed E-state index contributed by atoms with van der Waals surface area (Å²) in [5.74, 6) is -1.31. The number of halogens is 2. The van der Waals surface area contributed by atoms with Gasteiger partial charge < -0.3 is 0 Å². The maximum Gasteiger partial charge on any atom is 0.332 e. The van der Waals surface area contributed by atoms with Gasteiger partial charge in [0.15, 0.2) is 0 Å². The molecule has 4 nitrogen and oxygen atoms in total. The van der Waals surface area contributed by atoms with Crippen molar-refractivity contribution in [2.24, 2.45) is 0 Å². The van der Waals surface area contributed by atoms with Gasteiger partial charge in [0.05, 0.1) is 6.54 Å². The molecular formula is C17H14F2N2O2. The summed E-state index contributed by atoms with van der Waals surface area (Å²) >= 11 is 0. The summed E-state index contributed by atoms with van der Waals surface area (Å²) in [5, 5.41) is 0. The molecule has 1 saturated heterocycles. The Bertz CT molecular complexity index is 761. The number of anilines is 1. The first-order valence-electron chi connectivity index (χ1n) is 7.12. The standard InChI is InChI=1S/C17H14F2N2O2/c1-11-16(22)20(10-12-4-2-3-5-15(12)19)17(23)21(11)14-8-6-13(18)7-9-14/h2-9,11H,10H2,1H3. The SMILES string of the molecule is CC1C(=O)N(Cc2ccccc2F)C(=O)N1c1ccc(F)cc1. The van der Waals surface area contributed by atoms with Gasteiger partial charge >= 0.3 is 6.03 Å². The zero-order valence-corrected chi connectivity index (χ0v) is 12.4. The van der Waals surface area contributed by atoms with Crippen molar-refractivity contribution in [3.8, 4) is 0 Å². The molecule has 6 heteroatoms. The second-order valence-electron chi connectivity index (χ2n) is 5.32. The molecule has 0 radical (unpaired) electrons. The molecule has 1 aliphatic heterocycles. The van der Waals surface area contributed by atoms with Crippen molar-refractivity contribution in [2.45, 2.75) is 19.5 Å². The van der Waals surface area contributed by atoms with Crippen molar-refractivity contribution >= 4 is 17.6 Å². The van der Waals surface area contributed by atoms with Crippen molar-refractivity contribution in [1.29, 1.82) is 0 Å². The smallest absolute Gasteiger partial charge is 0.282 e. The number of hydrogen-bond acceptors (Lipinski definition) is 2. The van der Waals surface area contributed by atoms with E-state index in [2.05, 4.69) is 0 Å². The quantitative estimate of drug-likeness (QED) is 0.815. The monoisotopic (exact) mass is 316 g/mol. The predicted octanol–water partition coefficient (Wildman–Crippen LogP) is 3.32. The molecule has 0 bridgehead atoms. The number of nitrogens with zero attached hydrogens (tertiary/aromatic N) is 2. The van der Waals surface area contributed by atoms with Gasteiger partial charge in [0.2, 0.25) is 0 Å². The van der Waals surface area contributed by atoms with Crippen molar-refractivity contribution in [2.75, 3.05) is 4.90 Å². The Kier molecular flexibility index (Phi) is 3.82. The molecule has 1 heterocycles. The van der Waals surface area contributed by atoms with Crippen LogP contribution in [0.3, 0.4) is 0 Å². The van der Waals surface area contributed by atoms with Crippen LogP contribution in [0.15, 0.2) is 48.5 Å². The van der Waals surface area contributed by atoms with E-state index in [1.54, 1.807) is 19.1 Å². The molecule has 23 heavy (non-hydrogen) atoms. The molecule has 118 valence electrons. The summed E-state index contributed by atoms with van der Waals surface area (Å²) in [6.45, 7) is 1.46. The molecule has 0 N–H and O–H groups in total. The minimum Gasteiger partial charge on any atom is -0.282 e. The normalized spacial score (nSPS) is 18.0. The van der Waals surface area contributed by atoms with Gasteiger partial charge in [-0.1, -0.05) is 18.2 Å². The van der Waals surface area contributed by atoms with Crippen LogP contribution < -0.4 is 4.90 Å². The molecule has 3 rings (SSSR count). The lowest BCUT2D eigenvalue weighted by Gasteiger charge is -2.19. The van der Waals surface area contributed by atoms with Gasteiger partial charge in [-0.25, -0.2) is 13.6 Å². The fourth-order valence-electron chi connectivity index (χ4n) is 2.60. The first kappa shape index (κ1) is 15.1. The molecule has 1 fully saturated rings. The molecule has 1 aliphatic rings. The summed E-state index contributed by atoms with van der Waals surface area (Å²) in [6.07, 6.45) is 0. The number of hydrogen-bond donors (Lipinski definition) is 0. The van der Waals surface area contributed by atoms with Crippen LogP contribution >= 0.6 is 0 Å². The lowest BCUT2D eigenvalue weighted by atomic mass is 10.2. The Morgan fingerprint density at radius 3 is 2.30 bits per heavy atom. The van der Waals surface area contributed by atoms with E-state index in [-0.39, 0.29) is 12.1 Å². The van der Waals surface area contributed by atoms with E-state index in [0.29, 0.717) is 5.69 Å². The Labute approximate surface area is 131 Å². The average Bonchev–Trinajstić information content (AvgIpc) is 2.74. The zero-order chi connectivity index (χ0) is 16.6. The second-order valence-corrected chi connectivity index (χ2v) is 5.32. The first-order chi connectivity index (χ1) is 11.0. The number of imide groups is 1. The fraction of sp³-hybridized carbons (Fsp3) is 0.176. The number of carbonyl (C=O) groups is 2. The van der Waals surface area contributed by atoms with Gasteiger partial charge in [0.1, 0.15) is 17.7 Å². The molecule has 3 amide bonds. The average molecular weight is 316 g/mol. The van der Waals surface area contributed by atoms with E-state index in [4.69, 9.17) is 0 Å². The minimum atomic E-state index is -0.722. The molecule has 2 aromatic rings. The maximum absolute atomic E-state index is 13.8. The third kappa shape index (κ3) is 2.67. The lowest BCUT2D eigenvalue weighted by molar-refractivity contribution is -0.127. The highest BCUT2D eigenvalue weighted by molar-refractivity contribution is 6.13. The van der Waals surface area contributed by atoms with Gasteiger partial charge in [0.25, 0.3) is 5.91 Å². The van der Waals surface area contributed by atoms with E-state index in [1.807, 2.05) is 0 Å². The highest BCUT2D eigenvalue weighted by Crippen LogP contribution is 2.27. The number of carbonyl (C=O) groups excluding carboxylic acids is 2. The van der Waals surface area contributed by atoms with Crippen molar-refractivity contribution < 1.29 is 18.4 Å². The van der Waals surface area contributed by atoms with Crippen LogP contribution in [0.4, 0.5) is 19.3 Å². The fourth-order valence-corrected chi connectivity index (χ4v) is 2.60. The highest BCUT2D eigenvalue weighted by Gasteiger charge is 2.43. The summed E-state index contributed by atoms with van der Waals surface area (Å²) < 4.78 is 26.8.